The highest BCUT2D eigenvalue weighted by atomic mass is 16.5. The van der Waals surface area contributed by atoms with Crippen molar-refractivity contribution in [3.8, 4) is 11.3 Å². The molecule has 0 saturated carbocycles. The molecule has 4 nitrogen and oxygen atoms in total. The first-order valence-electron chi connectivity index (χ1n) is 7.62. The van der Waals surface area contributed by atoms with Crippen LogP contribution in [-0.4, -0.2) is 11.1 Å². The van der Waals surface area contributed by atoms with Crippen LogP contribution >= 0.6 is 0 Å². The molecule has 0 aliphatic carbocycles. The molecule has 1 aromatic heterocycles. The molecule has 24 heavy (non-hydrogen) atoms. The number of rotatable bonds is 3. The second kappa shape index (κ2) is 6.01. The van der Waals surface area contributed by atoms with Gasteiger partial charge in [0.1, 0.15) is 5.69 Å². The van der Waals surface area contributed by atoms with E-state index >= 15 is 0 Å². The Hall–Kier alpha value is -3.40. The van der Waals surface area contributed by atoms with Crippen molar-refractivity contribution in [2.45, 2.75) is 0 Å². The Morgan fingerprint density at radius 2 is 1.58 bits per heavy atom. The summed E-state index contributed by atoms with van der Waals surface area (Å²) in [6.07, 6.45) is 0. The zero-order valence-electron chi connectivity index (χ0n) is 12.8. The Balaban J connectivity index is 1.56. The van der Waals surface area contributed by atoms with Gasteiger partial charge in [-0.05, 0) is 22.9 Å². The van der Waals surface area contributed by atoms with Gasteiger partial charge < -0.3 is 4.52 Å². The average molecular weight is 314 g/mol. The summed E-state index contributed by atoms with van der Waals surface area (Å²) in [7, 11) is 0. The van der Waals surface area contributed by atoms with Gasteiger partial charge in [0, 0.05) is 17.2 Å². The van der Waals surface area contributed by atoms with Crippen LogP contribution in [0.5, 0.6) is 0 Å². The van der Waals surface area contributed by atoms with Gasteiger partial charge in [-0.3, -0.25) is 10.1 Å². The van der Waals surface area contributed by atoms with Crippen LogP contribution < -0.4 is 5.32 Å². The van der Waals surface area contributed by atoms with Crippen molar-refractivity contribution >= 4 is 22.6 Å². The highest BCUT2D eigenvalue weighted by molar-refractivity contribution is 6.06. The second-order valence-corrected chi connectivity index (χ2v) is 5.46. The first kappa shape index (κ1) is 14.2. The van der Waals surface area contributed by atoms with Crippen molar-refractivity contribution in [2.75, 3.05) is 5.32 Å². The molecule has 0 aliphatic rings. The zero-order chi connectivity index (χ0) is 16.4. The summed E-state index contributed by atoms with van der Waals surface area (Å²) in [5.41, 5.74) is 2.20. The van der Waals surface area contributed by atoms with E-state index in [-0.39, 0.29) is 5.91 Å². The van der Waals surface area contributed by atoms with Crippen molar-refractivity contribution < 1.29 is 9.32 Å². The number of benzene rings is 3. The van der Waals surface area contributed by atoms with E-state index in [4.69, 9.17) is 4.52 Å². The molecule has 0 bridgehead atoms. The smallest absolute Gasteiger partial charge is 0.258 e. The molecule has 0 radical (unpaired) electrons. The number of fused-ring (bicyclic) bond motifs is 1. The minimum atomic E-state index is -0.225. The Kier molecular flexibility index (Phi) is 3.56. The van der Waals surface area contributed by atoms with Crippen LogP contribution in [-0.2, 0) is 0 Å². The number of nitrogens with one attached hydrogen (secondary N) is 1. The summed E-state index contributed by atoms with van der Waals surface area (Å²) < 4.78 is 5.22. The van der Waals surface area contributed by atoms with Gasteiger partial charge in [0.05, 0.1) is 0 Å². The molecule has 4 aromatic rings. The molecule has 3 aromatic carbocycles. The van der Waals surface area contributed by atoms with E-state index in [1.54, 1.807) is 12.1 Å². The standard InChI is InChI=1S/C20H14N2O2/c23-20(17-11-10-14-6-4-5-9-16(14)12-17)21-19-13-18(22-24-19)15-7-2-1-3-8-15/h1-13H,(H,21,23). The van der Waals surface area contributed by atoms with E-state index in [1.165, 1.54) is 0 Å². The lowest BCUT2D eigenvalue weighted by Gasteiger charge is -2.03. The molecular formula is C20H14N2O2. The summed E-state index contributed by atoms with van der Waals surface area (Å²) in [6, 6.07) is 24.9. The van der Waals surface area contributed by atoms with Gasteiger partial charge in [-0.1, -0.05) is 65.8 Å². The minimum Gasteiger partial charge on any atom is -0.338 e. The monoisotopic (exact) mass is 314 g/mol. The Morgan fingerprint density at radius 3 is 2.42 bits per heavy atom. The lowest BCUT2D eigenvalue weighted by atomic mass is 10.1. The Morgan fingerprint density at radius 1 is 0.833 bits per heavy atom. The quantitative estimate of drug-likeness (QED) is 0.594. The molecule has 0 aliphatic heterocycles. The molecule has 1 N–H and O–H groups in total. The number of hydrogen-bond donors (Lipinski definition) is 1. The number of amides is 1. The van der Waals surface area contributed by atoms with E-state index in [1.807, 2.05) is 66.7 Å². The van der Waals surface area contributed by atoms with Gasteiger partial charge in [-0.2, -0.15) is 0 Å². The number of nitrogens with zero attached hydrogens (tertiary/aromatic N) is 1. The average Bonchev–Trinajstić information content (AvgIpc) is 3.10. The van der Waals surface area contributed by atoms with E-state index in [9.17, 15) is 4.79 Å². The predicted octanol–water partition coefficient (Wildman–Crippen LogP) is 4.75. The molecule has 0 unspecified atom stereocenters. The maximum atomic E-state index is 12.4. The number of carbonyl (C=O) groups is 1. The SMILES string of the molecule is O=C(Nc1cc(-c2ccccc2)no1)c1ccc2ccccc2c1. The number of hydrogen-bond acceptors (Lipinski definition) is 3. The fraction of sp³-hybridized carbons (Fsp3) is 0. The third-order valence-corrected chi connectivity index (χ3v) is 3.83. The third kappa shape index (κ3) is 2.77. The van der Waals surface area contributed by atoms with Gasteiger partial charge in [0.2, 0.25) is 5.88 Å². The summed E-state index contributed by atoms with van der Waals surface area (Å²) >= 11 is 0. The molecule has 1 heterocycles. The third-order valence-electron chi connectivity index (χ3n) is 3.83. The Labute approximate surface area is 138 Å². The van der Waals surface area contributed by atoms with Crippen LogP contribution in [0.4, 0.5) is 5.88 Å². The second-order valence-electron chi connectivity index (χ2n) is 5.46. The molecule has 1 amide bonds. The van der Waals surface area contributed by atoms with Gasteiger partial charge in [-0.15, -0.1) is 0 Å². The van der Waals surface area contributed by atoms with Crippen molar-refractivity contribution in [2.24, 2.45) is 0 Å². The summed E-state index contributed by atoms with van der Waals surface area (Å²) in [5, 5.41) is 8.86. The van der Waals surface area contributed by atoms with Crippen LogP contribution in [0.15, 0.2) is 83.4 Å². The maximum absolute atomic E-state index is 12.4. The summed E-state index contributed by atoms with van der Waals surface area (Å²) in [4.78, 5) is 12.4. The normalized spacial score (nSPS) is 10.7. The molecule has 4 rings (SSSR count). The van der Waals surface area contributed by atoms with Crippen LogP contribution in [0, 0.1) is 0 Å². The predicted molar refractivity (Wildman–Crippen MR) is 93.8 cm³/mol. The lowest BCUT2D eigenvalue weighted by Crippen LogP contribution is -2.11. The van der Waals surface area contributed by atoms with E-state index < -0.39 is 0 Å². The number of carbonyl (C=O) groups excluding carboxylic acids is 1. The highest BCUT2D eigenvalue weighted by Crippen LogP contribution is 2.22. The van der Waals surface area contributed by atoms with Crippen molar-refractivity contribution in [1.82, 2.24) is 5.16 Å². The summed E-state index contributed by atoms with van der Waals surface area (Å²) in [6.45, 7) is 0. The summed E-state index contributed by atoms with van der Waals surface area (Å²) in [5.74, 6) is 0.100. The van der Waals surface area contributed by atoms with Gasteiger partial charge in [0.15, 0.2) is 0 Å². The van der Waals surface area contributed by atoms with Gasteiger partial charge >= 0.3 is 0 Å². The molecular weight excluding hydrogens is 300 g/mol. The first-order chi connectivity index (χ1) is 11.8. The minimum absolute atomic E-state index is 0.225. The van der Waals surface area contributed by atoms with E-state index in [0.29, 0.717) is 17.1 Å². The van der Waals surface area contributed by atoms with Crippen molar-refractivity contribution in [3.63, 3.8) is 0 Å². The van der Waals surface area contributed by atoms with Crippen LogP contribution in [0.3, 0.4) is 0 Å². The Bertz CT molecular complexity index is 1010. The molecule has 0 saturated heterocycles. The number of aromatic nitrogens is 1. The first-order valence-corrected chi connectivity index (χ1v) is 7.62. The topological polar surface area (TPSA) is 55.1 Å². The molecule has 0 spiro atoms. The molecule has 116 valence electrons. The van der Waals surface area contributed by atoms with Gasteiger partial charge in [-0.25, -0.2) is 0 Å². The molecule has 4 heteroatoms. The van der Waals surface area contributed by atoms with Crippen LogP contribution in [0.25, 0.3) is 22.0 Å². The lowest BCUT2D eigenvalue weighted by molar-refractivity contribution is 0.102. The molecule has 0 atom stereocenters. The largest absolute Gasteiger partial charge is 0.338 e. The van der Waals surface area contributed by atoms with E-state index in [2.05, 4.69) is 10.5 Å². The fourth-order valence-corrected chi connectivity index (χ4v) is 2.59. The maximum Gasteiger partial charge on any atom is 0.258 e. The fourth-order valence-electron chi connectivity index (χ4n) is 2.59. The zero-order valence-corrected chi connectivity index (χ0v) is 12.8. The van der Waals surface area contributed by atoms with Crippen LogP contribution in [0.2, 0.25) is 0 Å². The molecule has 0 fully saturated rings. The van der Waals surface area contributed by atoms with Gasteiger partial charge in [0.25, 0.3) is 5.91 Å². The number of anilines is 1. The van der Waals surface area contributed by atoms with E-state index in [0.717, 1.165) is 16.3 Å². The van der Waals surface area contributed by atoms with Crippen molar-refractivity contribution in [3.05, 3.63) is 84.4 Å². The van der Waals surface area contributed by atoms with Crippen LogP contribution in [0.1, 0.15) is 10.4 Å². The highest BCUT2D eigenvalue weighted by Gasteiger charge is 2.11. The van der Waals surface area contributed by atoms with Crippen molar-refractivity contribution in [1.29, 1.82) is 0 Å².